The van der Waals surface area contributed by atoms with Crippen LogP contribution in [0.3, 0.4) is 0 Å². The van der Waals surface area contributed by atoms with Crippen LogP contribution in [-0.2, 0) is 0 Å². The van der Waals surface area contributed by atoms with E-state index in [0.717, 1.165) is 0 Å². The summed E-state index contributed by atoms with van der Waals surface area (Å²) in [6.07, 6.45) is 3.10. The molecule has 0 spiro atoms. The molecule has 0 aliphatic heterocycles. The van der Waals surface area contributed by atoms with Gasteiger partial charge in [-0.1, -0.05) is 17.7 Å². The summed E-state index contributed by atoms with van der Waals surface area (Å²) < 4.78 is 5.58. The van der Waals surface area contributed by atoms with Gasteiger partial charge >= 0.3 is 0 Å². The van der Waals surface area contributed by atoms with E-state index >= 15 is 0 Å². The maximum absolute atomic E-state index is 11.1. The predicted molar refractivity (Wildman–Crippen MR) is 91.3 cm³/mol. The molecule has 2 aromatic heterocycles. The zero-order chi connectivity index (χ0) is 16.9. The number of nitro benzene ring substituents is 1. The number of furan rings is 1. The second kappa shape index (κ2) is 6.93. The molecule has 0 fully saturated rings. The fourth-order valence-corrected chi connectivity index (χ4v) is 2.19. The van der Waals surface area contributed by atoms with Crippen LogP contribution in [0.4, 0.5) is 11.5 Å². The van der Waals surface area contributed by atoms with E-state index in [9.17, 15) is 10.1 Å². The van der Waals surface area contributed by atoms with Gasteiger partial charge in [0.2, 0.25) is 0 Å². The first kappa shape index (κ1) is 15.7. The maximum Gasteiger partial charge on any atom is 0.281 e. The number of anilines is 1. The molecule has 7 nitrogen and oxygen atoms in total. The van der Waals surface area contributed by atoms with E-state index in [1.54, 1.807) is 42.6 Å². The van der Waals surface area contributed by atoms with Gasteiger partial charge in [0.05, 0.1) is 16.7 Å². The summed E-state index contributed by atoms with van der Waals surface area (Å²) in [6.45, 7) is 0. The molecule has 120 valence electrons. The first-order valence-electron chi connectivity index (χ1n) is 6.88. The topological polar surface area (TPSA) is 93.6 Å². The minimum absolute atomic E-state index is 0.119. The van der Waals surface area contributed by atoms with Crippen molar-refractivity contribution in [2.24, 2.45) is 5.10 Å². The van der Waals surface area contributed by atoms with Crippen molar-refractivity contribution in [3.05, 3.63) is 75.6 Å². The van der Waals surface area contributed by atoms with Gasteiger partial charge in [-0.05, 0) is 36.4 Å². The van der Waals surface area contributed by atoms with Crippen LogP contribution in [0, 0.1) is 10.1 Å². The van der Waals surface area contributed by atoms with Crippen LogP contribution in [-0.4, -0.2) is 16.1 Å². The van der Waals surface area contributed by atoms with Gasteiger partial charge in [-0.25, -0.2) is 4.98 Å². The molecule has 1 aromatic carbocycles. The van der Waals surface area contributed by atoms with Crippen molar-refractivity contribution in [2.45, 2.75) is 0 Å². The zero-order valence-corrected chi connectivity index (χ0v) is 13.0. The molecule has 0 aliphatic carbocycles. The minimum atomic E-state index is -0.500. The monoisotopic (exact) mass is 342 g/mol. The highest BCUT2D eigenvalue weighted by Crippen LogP contribution is 2.33. The summed E-state index contributed by atoms with van der Waals surface area (Å²) >= 11 is 5.81. The summed E-state index contributed by atoms with van der Waals surface area (Å²) in [7, 11) is 0. The Labute approximate surface area is 141 Å². The molecule has 0 amide bonds. The van der Waals surface area contributed by atoms with E-state index in [1.165, 1.54) is 12.3 Å². The molecule has 3 aromatic rings. The minimum Gasteiger partial charge on any atom is -0.455 e. The molecule has 24 heavy (non-hydrogen) atoms. The lowest BCUT2D eigenvalue weighted by Gasteiger charge is -2.00. The Morgan fingerprint density at radius 2 is 2.12 bits per heavy atom. The molecule has 8 heteroatoms. The number of rotatable bonds is 5. The predicted octanol–water partition coefficient (Wildman–Crippen LogP) is 4.35. The van der Waals surface area contributed by atoms with E-state index in [2.05, 4.69) is 15.5 Å². The van der Waals surface area contributed by atoms with Crippen molar-refractivity contribution >= 4 is 29.3 Å². The fourth-order valence-electron chi connectivity index (χ4n) is 2.02. The molecule has 1 N–H and O–H groups in total. The summed E-state index contributed by atoms with van der Waals surface area (Å²) in [5.74, 6) is 1.39. The lowest BCUT2D eigenvalue weighted by Crippen LogP contribution is -1.92. The van der Waals surface area contributed by atoms with E-state index in [1.807, 2.05) is 6.07 Å². The normalized spacial score (nSPS) is 10.9. The number of nitro groups is 1. The number of nitrogens with zero attached hydrogens (tertiary/aromatic N) is 3. The second-order valence-corrected chi connectivity index (χ2v) is 5.14. The Kier molecular flexibility index (Phi) is 4.53. The van der Waals surface area contributed by atoms with Crippen LogP contribution >= 0.6 is 11.6 Å². The number of benzene rings is 1. The van der Waals surface area contributed by atoms with Crippen LogP contribution in [0.1, 0.15) is 5.76 Å². The largest absolute Gasteiger partial charge is 0.455 e. The SMILES string of the molecule is O=[N+]([O-])c1cc(Cl)ccc1-c1ccc(/C=N\Nc2ccccn2)o1. The van der Waals surface area contributed by atoms with Gasteiger partial charge in [-0.3, -0.25) is 15.5 Å². The summed E-state index contributed by atoms with van der Waals surface area (Å²) in [4.78, 5) is 14.7. The number of hydrazone groups is 1. The van der Waals surface area contributed by atoms with Gasteiger partial charge in [0.25, 0.3) is 5.69 Å². The molecule has 0 bridgehead atoms. The van der Waals surface area contributed by atoms with Gasteiger partial charge < -0.3 is 4.42 Å². The van der Waals surface area contributed by atoms with Crippen molar-refractivity contribution in [1.29, 1.82) is 0 Å². The molecule has 0 radical (unpaired) electrons. The Hall–Kier alpha value is -3.19. The first-order chi connectivity index (χ1) is 11.6. The third kappa shape index (κ3) is 3.58. The first-order valence-corrected chi connectivity index (χ1v) is 7.25. The van der Waals surface area contributed by atoms with E-state index < -0.39 is 4.92 Å². The van der Waals surface area contributed by atoms with Gasteiger partial charge in [0, 0.05) is 17.3 Å². The van der Waals surface area contributed by atoms with E-state index in [4.69, 9.17) is 16.0 Å². The average Bonchev–Trinajstić information content (AvgIpc) is 3.04. The average molecular weight is 343 g/mol. The fraction of sp³-hybridized carbons (Fsp3) is 0. The number of nitrogens with one attached hydrogen (secondary N) is 1. The summed E-state index contributed by atoms with van der Waals surface area (Å²) in [5.41, 5.74) is 2.98. The molecular weight excluding hydrogens is 332 g/mol. The Morgan fingerprint density at radius 3 is 2.88 bits per heavy atom. The highest BCUT2D eigenvalue weighted by Gasteiger charge is 2.18. The van der Waals surface area contributed by atoms with Gasteiger partial charge in [0.1, 0.15) is 17.3 Å². The Balaban J connectivity index is 1.80. The number of hydrogen-bond acceptors (Lipinski definition) is 6. The third-order valence-corrected chi connectivity index (χ3v) is 3.32. The highest BCUT2D eigenvalue weighted by molar-refractivity contribution is 6.30. The van der Waals surface area contributed by atoms with Crippen LogP contribution in [0.15, 0.2) is 64.2 Å². The van der Waals surface area contributed by atoms with Crippen LogP contribution < -0.4 is 5.43 Å². The molecular formula is C16H11ClN4O3. The van der Waals surface area contributed by atoms with Crippen molar-refractivity contribution in [3.63, 3.8) is 0 Å². The van der Waals surface area contributed by atoms with Crippen LogP contribution in [0.25, 0.3) is 11.3 Å². The molecule has 0 unspecified atom stereocenters. The highest BCUT2D eigenvalue weighted by atomic mass is 35.5. The smallest absolute Gasteiger partial charge is 0.281 e. The maximum atomic E-state index is 11.1. The molecule has 0 atom stereocenters. The van der Waals surface area contributed by atoms with Crippen molar-refractivity contribution in [2.75, 3.05) is 5.43 Å². The number of pyridine rings is 1. The zero-order valence-electron chi connectivity index (χ0n) is 12.2. The van der Waals surface area contributed by atoms with Crippen molar-refractivity contribution < 1.29 is 9.34 Å². The lowest BCUT2D eigenvalue weighted by atomic mass is 10.1. The molecule has 0 saturated carbocycles. The van der Waals surface area contributed by atoms with Crippen LogP contribution in [0.5, 0.6) is 0 Å². The molecule has 0 saturated heterocycles. The second-order valence-electron chi connectivity index (χ2n) is 4.71. The van der Waals surface area contributed by atoms with Crippen molar-refractivity contribution in [1.82, 2.24) is 4.98 Å². The van der Waals surface area contributed by atoms with Crippen molar-refractivity contribution in [3.8, 4) is 11.3 Å². The summed E-state index contributed by atoms with van der Waals surface area (Å²) in [6, 6.07) is 13.1. The summed E-state index contributed by atoms with van der Waals surface area (Å²) in [5, 5.41) is 15.4. The van der Waals surface area contributed by atoms with Crippen LogP contribution in [0.2, 0.25) is 5.02 Å². The quantitative estimate of drug-likeness (QED) is 0.422. The van der Waals surface area contributed by atoms with Gasteiger partial charge in [-0.15, -0.1) is 0 Å². The number of hydrogen-bond donors (Lipinski definition) is 1. The van der Waals surface area contributed by atoms with Gasteiger partial charge in [-0.2, -0.15) is 5.10 Å². The Morgan fingerprint density at radius 1 is 1.25 bits per heavy atom. The third-order valence-electron chi connectivity index (χ3n) is 3.08. The molecule has 2 heterocycles. The van der Waals surface area contributed by atoms with E-state index in [0.29, 0.717) is 27.9 Å². The molecule has 0 aliphatic rings. The standard InChI is InChI=1S/C16H11ClN4O3/c17-11-4-6-13(14(9-11)21(22)23)15-7-5-12(24-15)10-19-20-16-3-1-2-8-18-16/h1-10H,(H,18,20)/b19-10-. The number of aromatic nitrogens is 1. The number of halogens is 1. The van der Waals surface area contributed by atoms with Gasteiger partial charge in [0.15, 0.2) is 0 Å². The van der Waals surface area contributed by atoms with E-state index in [-0.39, 0.29) is 5.69 Å². The molecule has 3 rings (SSSR count). The lowest BCUT2D eigenvalue weighted by molar-refractivity contribution is -0.384. The Bertz CT molecular complexity index is 893.